The second kappa shape index (κ2) is 9.03. The minimum Gasteiger partial charge on any atom is -0.356 e. The number of amides is 2. The molecule has 3 unspecified atom stereocenters. The van der Waals surface area contributed by atoms with Crippen molar-refractivity contribution in [2.24, 2.45) is 11.7 Å². The number of nitrogens with one attached hydrogen (secondary N) is 1. The number of carbonyl (C=O) groups is 2. The molecule has 0 saturated carbocycles. The second-order valence-corrected chi connectivity index (χ2v) is 6.33. The monoisotopic (exact) mass is 297 g/mol. The minimum absolute atomic E-state index is 0.0437. The first-order valence-electron chi connectivity index (χ1n) is 8.28. The third kappa shape index (κ3) is 6.04. The predicted octanol–water partition coefficient (Wildman–Crippen LogP) is 1.66. The molecule has 0 bridgehead atoms. The van der Waals surface area contributed by atoms with E-state index in [0.717, 1.165) is 32.2 Å². The van der Waals surface area contributed by atoms with Crippen molar-refractivity contribution in [2.45, 2.75) is 71.4 Å². The van der Waals surface area contributed by atoms with Gasteiger partial charge in [0.15, 0.2) is 0 Å². The summed E-state index contributed by atoms with van der Waals surface area (Å²) in [6.45, 7) is 7.37. The van der Waals surface area contributed by atoms with Crippen LogP contribution in [0.3, 0.4) is 0 Å². The molecule has 2 amide bonds. The zero-order valence-corrected chi connectivity index (χ0v) is 13.7. The highest BCUT2D eigenvalue weighted by molar-refractivity contribution is 5.81. The number of hydrogen-bond donors (Lipinski definition) is 2. The molecule has 3 N–H and O–H groups in total. The number of piperidine rings is 1. The molecule has 1 aliphatic heterocycles. The fourth-order valence-electron chi connectivity index (χ4n) is 2.70. The average Bonchev–Trinajstić information content (AvgIpc) is 2.45. The number of rotatable bonds is 7. The molecule has 5 nitrogen and oxygen atoms in total. The van der Waals surface area contributed by atoms with Gasteiger partial charge in [0.05, 0.1) is 5.92 Å². The lowest BCUT2D eigenvalue weighted by molar-refractivity contribution is -0.138. The van der Waals surface area contributed by atoms with Crippen molar-refractivity contribution >= 4 is 11.8 Å². The van der Waals surface area contributed by atoms with E-state index in [-0.39, 0.29) is 29.8 Å². The summed E-state index contributed by atoms with van der Waals surface area (Å²) in [5.74, 6) is 0.170. The van der Waals surface area contributed by atoms with Gasteiger partial charge in [0, 0.05) is 31.6 Å². The maximum atomic E-state index is 12.3. The Morgan fingerprint density at radius 1 is 1.38 bits per heavy atom. The highest BCUT2D eigenvalue weighted by atomic mass is 16.2. The van der Waals surface area contributed by atoms with Gasteiger partial charge in [-0.3, -0.25) is 9.59 Å². The van der Waals surface area contributed by atoms with Crippen molar-refractivity contribution in [3.8, 4) is 0 Å². The summed E-state index contributed by atoms with van der Waals surface area (Å²) < 4.78 is 0. The molecule has 0 aromatic carbocycles. The molecule has 1 saturated heterocycles. The number of nitrogens with two attached hydrogens (primary N) is 1. The molecule has 21 heavy (non-hydrogen) atoms. The summed E-state index contributed by atoms with van der Waals surface area (Å²) in [6.07, 6.45) is 5.03. The van der Waals surface area contributed by atoms with E-state index >= 15 is 0 Å². The van der Waals surface area contributed by atoms with Crippen molar-refractivity contribution < 1.29 is 9.59 Å². The lowest BCUT2D eigenvalue weighted by Crippen LogP contribution is -2.49. The van der Waals surface area contributed by atoms with Crippen LogP contribution in [0.15, 0.2) is 0 Å². The number of likely N-dealkylation sites (tertiary alicyclic amines) is 1. The first-order valence-corrected chi connectivity index (χ1v) is 8.28. The second-order valence-electron chi connectivity index (χ2n) is 6.33. The van der Waals surface area contributed by atoms with Gasteiger partial charge in [-0.25, -0.2) is 0 Å². The molecular weight excluding hydrogens is 266 g/mol. The van der Waals surface area contributed by atoms with Gasteiger partial charge in [-0.2, -0.15) is 0 Å². The third-order valence-electron chi connectivity index (χ3n) is 4.22. The molecule has 1 aliphatic rings. The summed E-state index contributed by atoms with van der Waals surface area (Å²) in [5, 5.41) is 2.98. The average molecular weight is 297 g/mol. The van der Waals surface area contributed by atoms with E-state index in [1.807, 2.05) is 11.8 Å². The molecular formula is C16H31N3O2. The van der Waals surface area contributed by atoms with Crippen LogP contribution < -0.4 is 11.1 Å². The lowest BCUT2D eigenvalue weighted by Gasteiger charge is -2.37. The van der Waals surface area contributed by atoms with Crippen molar-refractivity contribution in [3.05, 3.63) is 0 Å². The molecule has 0 aromatic rings. The molecule has 0 spiro atoms. The Morgan fingerprint density at radius 3 is 2.71 bits per heavy atom. The highest BCUT2D eigenvalue weighted by Gasteiger charge is 2.32. The van der Waals surface area contributed by atoms with E-state index in [1.54, 1.807) is 0 Å². The zero-order chi connectivity index (χ0) is 15.8. The SMILES string of the molecule is CCCCNC(=O)C1CCC(C)N(C(=O)CCC(C)N)C1. The maximum Gasteiger partial charge on any atom is 0.224 e. The van der Waals surface area contributed by atoms with Crippen molar-refractivity contribution in [2.75, 3.05) is 13.1 Å². The van der Waals surface area contributed by atoms with Gasteiger partial charge in [-0.1, -0.05) is 13.3 Å². The summed E-state index contributed by atoms with van der Waals surface area (Å²) in [6, 6.07) is 0.271. The molecule has 1 fully saturated rings. The summed E-state index contributed by atoms with van der Waals surface area (Å²) >= 11 is 0. The molecule has 0 radical (unpaired) electrons. The quantitative estimate of drug-likeness (QED) is 0.702. The fraction of sp³-hybridized carbons (Fsp3) is 0.875. The lowest BCUT2D eigenvalue weighted by atomic mass is 9.92. The molecule has 5 heteroatoms. The number of nitrogens with zero attached hydrogens (tertiary/aromatic N) is 1. The van der Waals surface area contributed by atoms with Gasteiger partial charge < -0.3 is 16.0 Å². The summed E-state index contributed by atoms with van der Waals surface area (Å²) in [7, 11) is 0. The van der Waals surface area contributed by atoms with Crippen molar-refractivity contribution in [1.29, 1.82) is 0 Å². The normalized spacial score (nSPS) is 23.7. The molecule has 1 heterocycles. The Balaban J connectivity index is 2.49. The van der Waals surface area contributed by atoms with Gasteiger partial charge in [-0.05, 0) is 39.5 Å². The van der Waals surface area contributed by atoms with Crippen LogP contribution in [0, 0.1) is 5.92 Å². The maximum absolute atomic E-state index is 12.3. The smallest absolute Gasteiger partial charge is 0.224 e. The number of unbranched alkanes of at least 4 members (excludes halogenated alkanes) is 1. The molecule has 0 aliphatic carbocycles. The molecule has 122 valence electrons. The van der Waals surface area contributed by atoms with Crippen LogP contribution in [0.1, 0.15) is 59.3 Å². The van der Waals surface area contributed by atoms with Gasteiger partial charge in [0.1, 0.15) is 0 Å². The van der Waals surface area contributed by atoms with Gasteiger partial charge in [0.2, 0.25) is 11.8 Å². The Morgan fingerprint density at radius 2 is 2.10 bits per heavy atom. The van der Waals surface area contributed by atoms with E-state index in [4.69, 9.17) is 5.73 Å². The van der Waals surface area contributed by atoms with Crippen LogP contribution in [0.5, 0.6) is 0 Å². The molecule has 1 rings (SSSR count). The van der Waals surface area contributed by atoms with Crippen LogP contribution in [0.2, 0.25) is 0 Å². The van der Waals surface area contributed by atoms with E-state index in [9.17, 15) is 9.59 Å². The van der Waals surface area contributed by atoms with E-state index in [2.05, 4.69) is 19.2 Å². The van der Waals surface area contributed by atoms with E-state index < -0.39 is 0 Å². The minimum atomic E-state index is -0.0580. The first kappa shape index (κ1) is 18.0. The van der Waals surface area contributed by atoms with E-state index in [1.165, 1.54) is 0 Å². The molecule has 0 aromatic heterocycles. The molecule has 3 atom stereocenters. The number of hydrogen-bond acceptors (Lipinski definition) is 3. The van der Waals surface area contributed by atoms with Crippen LogP contribution >= 0.6 is 0 Å². The van der Waals surface area contributed by atoms with E-state index in [0.29, 0.717) is 19.4 Å². The van der Waals surface area contributed by atoms with Gasteiger partial charge >= 0.3 is 0 Å². The predicted molar refractivity (Wildman–Crippen MR) is 84.7 cm³/mol. The van der Waals surface area contributed by atoms with Crippen LogP contribution in [0.25, 0.3) is 0 Å². The largest absolute Gasteiger partial charge is 0.356 e. The fourth-order valence-corrected chi connectivity index (χ4v) is 2.70. The highest BCUT2D eigenvalue weighted by Crippen LogP contribution is 2.23. The zero-order valence-electron chi connectivity index (χ0n) is 13.7. The van der Waals surface area contributed by atoms with Gasteiger partial charge in [-0.15, -0.1) is 0 Å². The standard InChI is InChI=1S/C16H31N3O2/c1-4-5-10-18-16(21)14-8-7-13(3)19(11-14)15(20)9-6-12(2)17/h12-14H,4-11,17H2,1-3H3,(H,18,21). The Kier molecular flexibility index (Phi) is 7.72. The van der Waals surface area contributed by atoms with Gasteiger partial charge in [0.25, 0.3) is 0 Å². The van der Waals surface area contributed by atoms with Crippen molar-refractivity contribution in [3.63, 3.8) is 0 Å². The third-order valence-corrected chi connectivity index (χ3v) is 4.22. The van der Waals surface area contributed by atoms with Crippen LogP contribution in [-0.4, -0.2) is 41.9 Å². The van der Waals surface area contributed by atoms with Crippen molar-refractivity contribution in [1.82, 2.24) is 10.2 Å². The Hall–Kier alpha value is -1.10. The summed E-state index contributed by atoms with van der Waals surface area (Å²) in [4.78, 5) is 26.3. The summed E-state index contributed by atoms with van der Waals surface area (Å²) in [5.41, 5.74) is 5.71. The van der Waals surface area contributed by atoms with Crippen LogP contribution in [-0.2, 0) is 9.59 Å². The topological polar surface area (TPSA) is 75.4 Å². The van der Waals surface area contributed by atoms with Crippen LogP contribution in [0.4, 0.5) is 0 Å². The Bertz CT molecular complexity index is 344. The first-order chi connectivity index (χ1) is 9.95. The number of carbonyl (C=O) groups excluding carboxylic acids is 2. The Labute approximate surface area is 128 Å².